The maximum Gasteiger partial charge on any atom is 0.391 e. The molecule has 1 aromatic rings. The Bertz CT molecular complexity index is 448. The summed E-state index contributed by atoms with van der Waals surface area (Å²) in [5, 5.41) is 2.27. The van der Waals surface area contributed by atoms with Gasteiger partial charge in [0.05, 0.1) is 6.42 Å². The van der Waals surface area contributed by atoms with Crippen molar-refractivity contribution in [2.45, 2.75) is 25.6 Å². The van der Waals surface area contributed by atoms with Crippen LogP contribution >= 0.6 is 15.9 Å². The average molecular weight is 325 g/mol. The van der Waals surface area contributed by atoms with Crippen molar-refractivity contribution in [2.75, 3.05) is 5.73 Å². The summed E-state index contributed by atoms with van der Waals surface area (Å²) in [6, 6.07) is 3.47. The second kappa shape index (κ2) is 5.60. The molecule has 0 aliphatic heterocycles. The molecule has 0 bridgehead atoms. The predicted molar refractivity (Wildman–Crippen MR) is 66.2 cm³/mol. The van der Waals surface area contributed by atoms with Crippen LogP contribution in [-0.4, -0.2) is 18.1 Å². The Morgan fingerprint density at radius 1 is 1.50 bits per heavy atom. The predicted octanol–water partition coefficient (Wildman–Crippen LogP) is 3.10. The third-order valence-corrected chi connectivity index (χ3v) is 2.90. The van der Waals surface area contributed by atoms with Crippen molar-refractivity contribution < 1.29 is 18.0 Å². The Morgan fingerprint density at radius 2 is 2.11 bits per heavy atom. The SMILES string of the molecule is CC(CC(F)(F)F)NC(=O)c1ccc(Br)c(N)c1. The van der Waals surface area contributed by atoms with Crippen molar-refractivity contribution in [3.8, 4) is 0 Å². The summed E-state index contributed by atoms with van der Waals surface area (Å²) >= 11 is 3.16. The maximum atomic E-state index is 12.1. The van der Waals surface area contributed by atoms with Gasteiger partial charge in [0.2, 0.25) is 0 Å². The third kappa shape index (κ3) is 4.56. The number of hydrogen-bond acceptors (Lipinski definition) is 2. The third-order valence-electron chi connectivity index (χ3n) is 2.17. The summed E-state index contributed by atoms with van der Waals surface area (Å²) in [6.07, 6.45) is -5.36. The molecule has 1 aromatic carbocycles. The first-order valence-electron chi connectivity index (χ1n) is 5.11. The van der Waals surface area contributed by atoms with Crippen molar-refractivity contribution in [3.05, 3.63) is 28.2 Å². The number of nitrogen functional groups attached to an aromatic ring is 1. The van der Waals surface area contributed by atoms with Gasteiger partial charge in [0.15, 0.2) is 0 Å². The number of alkyl halides is 3. The molecular formula is C11H12BrF3N2O. The van der Waals surface area contributed by atoms with Crippen LogP contribution in [0.2, 0.25) is 0 Å². The maximum absolute atomic E-state index is 12.1. The van der Waals surface area contributed by atoms with E-state index in [0.29, 0.717) is 10.2 Å². The van der Waals surface area contributed by atoms with Gasteiger partial charge < -0.3 is 11.1 Å². The van der Waals surface area contributed by atoms with Crippen LogP contribution in [0.1, 0.15) is 23.7 Å². The number of halogens is 4. The molecule has 1 unspecified atom stereocenters. The van der Waals surface area contributed by atoms with Crippen LogP contribution in [-0.2, 0) is 0 Å². The molecule has 0 aliphatic rings. The second-order valence-corrected chi connectivity index (χ2v) is 4.78. The Labute approximate surface area is 111 Å². The highest BCUT2D eigenvalue weighted by Crippen LogP contribution is 2.22. The molecule has 1 amide bonds. The lowest BCUT2D eigenvalue weighted by Gasteiger charge is -2.16. The summed E-state index contributed by atoms with van der Waals surface area (Å²) in [5.41, 5.74) is 6.16. The van der Waals surface area contributed by atoms with Crippen molar-refractivity contribution in [3.63, 3.8) is 0 Å². The number of hydrogen-bond donors (Lipinski definition) is 2. The molecule has 0 aromatic heterocycles. The Balaban J connectivity index is 2.68. The van der Waals surface area contributed by atoms with Gasteiger partial charge in [-0.05, 0) is 41.1 Å². The van der Waals surface area contributed by atoms with Gasteiger partial charge in [0.1, 0.15) is 0 Å². The van der Waals surface area contributed by atoms with E-state index in [0.717, 1.165) is 0 Å². The van der Waals surface area contributed by atoms with Crippen LogP contribution in [0.4, 0.5) is 18.9 Å². The van der Waals surface area contributed by atoms with Gasteiger partial charge in [0.25, 0.3) is 5.91 Å². The fourth-order valence-corrected chi connectivity index (χ4v) is 1.64. The van der Waals surface area contributed by atoms with Gasteiger partial charge >= 0.3 is 6.18 Å². The van der Waals surface area contributed by atoms with Crippen molar-refractivity contribution >= 4 is 27.5 Å². The standard InChI is InChI=1S/C11H12BrF3N2O/c1-6(5-11(13,14)15)17-10(18)7-2-3-8(12)9(16)4-7/h2-4,6H,5,16H2,1H3,(H,17,18). The average Bonchev–Trinajstić information content (AvgIpc) is 2.18. The number of rotatable bonds is 3. The number of benzene rings is 1. The lowest BCUT2D eigenvalue weighted by molar-refractivity contribution is -0.138. The zero-order valence-electron chi connectivity index (χ0n) is 9.51. The fourth-order valence-electron chi connectivity index (χ4n) is 1.39. The Hall–Kier alpha value is -1.24. The highest BCUT2D eigenvalue weighted by atomic mass is 79.9. The van der Waals surface area contributed by atoms with E-state index in [-0.39, 0.29) is 5.56 Å². The molecule has 1 atom stereocenters. The van der Waals surface area contributed by atoms with Crippen LogP contribution in [0.5, 0.6) is 0 Å². The fraction of sp³-hybridized carbons (Fsp3) is 0.364. The number of nitrogens with one attached hydrogen (secondary N) is 1. The first-order valence-corrected chi connectivity index (χ1v) is 5.91. The summed E-state index contributed by atoms with van der Waals surface area (Å²) in [6.45, 7) is 1.30. The number of carbonyl (C=O) groups excluding carboxylic acids is 1. The summed E-state index contributed by atoms with van der Waals surface area (Å²) in [5.74, 6) is -0.578. The number of anilines is 1. The van der Waals surface area contributed by atoms with Crippen LogP contribution in [0.25, 0.3) is 0 Å². The van der Waals surface area contributed by atoms with Gasteiger partial charge in [-0.1, -0.05) is 0 Å². The van der Waals surface area contributed by atoms with Crippen molar-refractivity contribution in [1.29, 1.82) is 0 Å². The van der Waals surface area contributed by atoms with E-state index in [9.17, 15) is 18.0 Å². The minimum absolute atomic E-state index is 0.227. The van der Waals surface area contributed by atoms with Gasteiger partial charge in [-0.25, -0.2) is 0 Å². The molecule has 0 heterocycles. The number of nitrogens with two attached hydrogens (primary N) is 1. The molecular weight excluding hydrogens is 313 g/mol. The van der Waals surface area contributed by atoms with Gasteiger partial charge in [0, 0.05) is 21.8 Å². The highest BCUT2D eigenvalue weighted by Gasteiger charge is 2.30. The van der Waals surface area contributed by atoms with E-state index in [1.165, 1.54) is 19.1 Å². The van der Waals surface area contributed by atoms with Crippen molar-refractivity contribution in [1.82, 2.24) is 5.32 Å². The largest absolute Gasteiger partial charge is 0.398 e. The molecule has 0 radical (unpaired) electrons. The van der Waals surface area contributed by atoms with E-state index in [2.05, 4.69) is 21.2 Å². The van der Waals surface area contributed by atoms with Crippen molar-refractivity contribution in [2.24, 2.45) is 0 Å². The van der Waals surface area contributed by atoms with Crippen LogP contribution < -0.4 is 11.1 Å². The molecule has 3 nitrogen and oxygen atoms in total. The second-order valence-electron chi connectivity index (χ2n) is 3.93. The number of carbonyl (C=O) groups is 1. The summed E-state index contributed by atoms with van der Waals surface area (Å²) in [4.78, 5) is 11.7. The molecule has 0 saturated carbocycles. The van der Waals surface area contributed by atoms with Crippen LogP contribution in [0.3, 0.4) is 0 Å². The Morgan fingerprint density at radius 3 is 2.61 bits per heavy atom. The van der Waals surface area contributed by atoms with Gasteiger partial charge in [-0.2, -0.15) is 13.2 Å². The van der Waals surface area contributed by atoms with Crippen LogP contribution in [0.15, 0.2) is 22.7 Å². The first-order chi connectivity index (χ1) is 8.19. The van der Waals surface area contributed by atoms with Gasteiger partial charge in [-0.15, -0.1) is 0 Å². The molecule has 0 saturated heterocycles. The molecule has 0 fully saturated rings. The highest BCUT2D eigenvalue weighted by molar-refractivity contribution is 9.10. The van der Waals surface area contributed by atoms with E-state index in [1.807, 2.05) is 0 Å². The van der Waals surface area contributed by atoms with E-state index in [1.54, 1.807) is 6.07 Å². The number of amides is 1. The smallest absolute Gasteiger partial charge is 0.391 e. The molecule has 100 valence electrons. The van der Waals surface area contributed by atoms with E-state index in [4.69, 9.17) is 5.73 Å². The molecule has 18 heavy (non-hydrogen) atoms. The monoisotopic (exact) mass is 324 g/mol. The summed E-state index contributed by atoms with van der Waals surface area (Å²) in [7, 11) is 0. The first kappa shape index (κ1) is 14.8. The lowest BCUT2D eigenvalue weighted by atomic mass is 10.1. The van der Waals surface area contributed by atoms with E-state index < -0.39 is 24.5 Å². The minimum atomic E-state index is -4.30. The molecule has 1 rings (SSSR count). The molecule has 3 N–H and O–H groups in total. The topological polar surface area (TPSA) is 55.1 Å². The molecule has 0 aliphatic carbocycles. The summed E-state index contributed by atoms with van der Waals surface area (Å²) < 4.78 is 36.9. The molecule has 7 heteroatoms. The zero-order valence-corrected chi connectivity index (χ0v) is 11.1. The van der Waals surface area contributed by atoms with E-state index >= 15 is 0 Å². The van der Waals surface area contributed by atoms with Gasteiger partial charge in [-0.3, -0.25) is 4.79 Å². The van der Waals surface area contributed by atoms with Crippen LogP contribution in [0, 0.1) is 0 Å². The molecule has 0 spiro atoms. The normalized spacial score (nSPS) is 13.2. The minimum Gasteiger partial charge on any atom is -0.398 e. The zero-order chi connectivity index (χ0) is 13.9. The Kier molecular flexibility index (Phi) is 4.61. The lowest BCUT2D eigenvalue weighted by Crippen LogP contribution is -2.35. The quantitative estimate of drug-likeness (QED) is 0.839.